The van der Waals surface area contributed by atoms with Gasteiger partial charge in [0, 0.05) is 30.1 Å². The Morgan fingerprint density at radius 2 is 2.00 bits per heavy atom. The van der Waals surface area contributed by atoms with E-state index >= 15 is 0 Å². The summed E-state index contributed by atoms with van der Waals surface area (Å²) in [6, 6.07) is 13.3. The number of thiazole rings is 1. The second-order valence-corrected chi connectivity index (χ2v) is 6.49. The van der Waals surface area contributed by atoms with E-state index in [1.165, 1.54) is 17.4 Å². The summed E-state index contributed by atoms with van der Waals surface area (Å²) in [5.74, 6) is -0.362. The van der Waals surface area contributed by atoms with Gasteiger partial charge in [0.25, 0.3) is 5.69 Å². The number of esters is 1. The Labute approximate surface area is 159 Å². The van der Waals surface area contributed by atoms with Crippen molar-refractivity contribution in [2.75, 3.05) is 6.61 Å². The maximum atomic E-state index is 11.7. The Balaban J connectivity index is 1.92. The minimum atomic E-state index is -0.410. The number of carbonyl (C=O) groups excluding carboxylic acids is 1. The van der Waals surface area contributed by atoms with E-state index in [4.69, 9.17) is 4.74 Å². The van der Waals surface area contributed by atoms with E-state index in [2.05, 4.69) is 4.99 Å². The highest BCUT2D eigenvalue weighted by molar-refractivity contribution is 7.07. The molecule has 7 nitrogen and oxygen atoms in total. The average Bonchev–Trinajstić information content (AvgIpc) is 3.03. The van der Waals surface area contributed by atoms with Crippen molar-refractivity contribution in [3.05, 3.63) is 74.4 Å². The highest BCUT2D eigenvalue weighted by atomic mass is 32.1. The molecular weight excluding hydrogens is 366 g/mol. The molecule has 0 aliphatic rings. The van der Waals surface area contributed by atoms with Crippen LogP contribution in [0.1, 0.15) is 17.3 Å². The largest absolute Gasteiger partial charge is 0.462 e. The molecule has 0 radical (unpaired) electrons. The van der Waals surface area contributed by atoms with Crippen LogP contribution in [-0.2, 0) is 11.8 Å². The summed E-state index contributed by atoms with van der Waals surface area (Å²) in [6.45, 7) is 2.09. The fourth-order valence-electron chi connectivity index (χ4n) is 2.51. The number of rotatable bonds is 5. The summed E-state index contributed by atoms with van der Waals surface area (Å²) in [7, 11) is 1.86. The Morgan fingerprint density at radius 1 is 1.26 bits per heavy atom. The molecule has 1 heterocycles. The molecular formula is C19H17N3O4S. The quantitative estimate of drug-likeness (QED) is 0.377. The maximum Gasteiger partial charge on any atom is 0.338 e. The van der Waals surface area contributed by atoms with Gasteiger partial charge in [-0.2, -0.15) is 0 Å². The van der Waals surface area contributed by atoms with Crippen molar-refractivity contribution in [3.63, 3.8) is 0 Å². The predicted octanol–water partition coefficient (Wildman–Crippen LogP) is 4.07. The van der Waals surface area contributed by atoms with Gasteiger partial charge in [-0.25, -0.2) is 9.79 Å². The number of hydrogen-bond donors (Lipinski definition) is 0. The van der Waals surface area contributed by atoms with Gasteiger partial charge >= 0.3 is 5.97 Å². The fourth-order valence-corrected chi connectivity index (χ4v) is 3.43. The molecule has 3 aromatic rings. The molecule has 3 rings (SSSR count). The van der Waals surface area contributed by atoms with E-state index in [1.807, 2.05) is 23.1 Å². The van der Waals surface area contributed by atoms with Crippen LogP contribution in [0.3, 0.4) is 0 Å². The number of hydrogen-bond acceptors (Lipinski definition) is 6. The Hall–Kier alpha value is -3.26. The van der Waals surface area contributed by atoms with E-state index in [9.17, 15) is 14.9 Å². The number of ether oxygens (including phenoxy) is 1. The van der Waals surface area contributed by atoms with Crippen molar-refractivity contribution >= 4 is 28.7 Å². The van der Waals surface area contributed by atoms with Gasteiger partial charge in [-0.05, 0) is 31.2 Å². The summed E-state index contributed by atoms with van der Waals surface area (Å²) in [5.41, 5.74) is 2.81. The molecule has 0 fully saturated rings. The molecule has 0 spiro atoms. The standard InChI is InChI=1S/C19H17N3O4S/c1-3-26-18(23)13-7-9-15(10-8-13)20-19-21(2)17(12-27-19)14-5-4-6-16(11-14)22(24)25/h4-12H,3H2,1-2H3. The molecule has 0 amide bonds. The van der Waals surface area contributed by atoms with Crippen LogP contribution in [0.4, 0.5) is 11.4 Å². The van der Waals surface area contributed by atoms with Crippen molar-refractivity contribution < 1.29 is 14.5 Å². The van der Waals surface area contributed by atoms with Gasteiger partial charge in [0.05, 0.1) is 28.5 Å². The maximum absolute atomic E-state index is 11.7. The predicted molar refractivity (Wildman–Crippen MR) is 103 cm³/mol. The van der Waals surface area contributed by atoms with Gasteiger partial charge in [-0.1, -0.05) is 12.1 Å². The summed E-state index contributed by atoms with van der Waals surface area (Å²) in [5, 5.41) is 12.9. The fraction of sp³-hybridized carbons (Fsp3) is 0.158. The highest BCUT2D eigenvalue weighted by Gasteiger charge is 2.10. The van der Waals surface area contributed by atoms with Crippen molar-refractivity contribution in [3.8, 4) is 11.3 Å². The van der Waals surface area contributed by atoms with Crippen molar-refractivity contribution in [1.29, 1.82) is 0 Å². The number of nitro benzene ring substituents is 1. The minimum absolute atomic E-state index is 0.0479. The zero-order valence-electron chi connectivity index (χ0n) is 14.8. The zero-order chi connectivity index (χ0) is 19.4. The first-order valence-electron chi connectivity index (χ1n) is 8.21. The summed E-state index contributed by atoms with van der Waals surface area (Å²) < 4.78 is 6.84. The van der Waals surface area contributed by atoms with Crippen LogP contribution in [0, 0.1) is 10.1 Å². The van der Waals surface area contributed by atoms with E-state index < -0.39 is 4.92 Å². The molecule has 0 saturated heterocycles. The van der Waals surface area contributed by atoms with Crippen LogP contribution in [0.25, 0.3) is 11.3 Å². The molecule has 8 heteroatoms. The molecule has 1 aromatic heterocycles. The van der Waals surface area contributed by atoms with Gasteiger partial charge in [-0.15, -0.1) is 11.3 Å². The van der Waals surface area contributed by atoms with E-state index in [-0.39, 0.29) is 11.7 Å². The summed E-state index contributed by atoms with van der Waals surface area (Å²) in [6.07, 6.45) is 0. The number of carbonyl (C=O) groups is 1. The van der Waals surface area contributed by atoms with Gasteiger partial charge < -0.3 is 9.30 Å². The number of aromatic nitrogens is 1. The van der Waals surface area contributed by atoms with Crippen molar-refractivity contribution in [2.45, 2.75) is 6.92 Å². The molecule has 2 aromatic carbocycles. The molecule has 0 saturated carbocycles. The van der Waals surface area contributed by atoms with Crippen LogP contribution in [-0.4, -0.2) is 22.1 Å². The molecule has 0 aliphatic carbocycles. The second-order valence-electron chi connectivity index (χ2n) is 5.65. The average molecular weight is 383 g/mol. The van der Waals surface area contributed by atoms with Crippen molar-refractivity contribution in [1.82, 2.24) is 4.57 Å². The van der Waals surface area contributed by atoms with Crippen LogP contribution in [0.2, 0.25) is 0 Å². The van der Waals surface area contributed by atoms with Crippen LogP contribution in [0.15, 0.2) is 58.9 Å². The smallest absolute Gasteiger partial charge is 0.338 e. The first-order valence-corrected chi connectivity index (χ1v) is 9.09. The van der Waals surface area contributed by atoms with Crippen molar-refractivity contribution in [2.24, 2.45) is 12.0 Å². The summed E-state index contributed by atoms with van der Waals surface area (Å²) >= 11 is 1.43. The monoisotopic (exact) mass is 383 g/mol. The van der Waals surface area contributed by atoms with Crippen LogP contribution in [0.5, 0.6) is 0 Å². The van der Waals surface area contributed by atoms with E-state index in [1.54, 1.807) is 43.3 Å². The van der Waals surface area contributed by atoms with Gasteiger partial charge in [0.2, 0.25) is 0 Å². The van der Waals surface area contributed by atoms with Gasteiger partial charge in [-0.3, -0.25) is 10.1 Å². The lowest BCUT2D eigenvalue weighted by Gasteiger charge is -2.03. The third-order valence-corrected chi connectivity index (χ3v) is 4.80. The van der Waals surface area contributed by atoms with Gasteiger partial charge in [0.15, 0.2) is 4.80 Å². The Bertz CT molecular complexity index is 1050. The Morgan fingerprint density at radius 3 is 2.67 bits per heavy atom. The lowest BCUT2D eigenvalue weighted by Crippen LogP contribution is -2.11. The lowest BCUT2D eigenvalue weighted by atomic mass is 10.1. The molecule has 0 atom stereocenters. The molecule has 0 aliphatic heterocycles. The first kappa shape index (κ1) is 18.5. The SMILES string of the molecule is CCOC(=O)c1ccc(N=c2scc(-c3cccc([N+](=O)[O-])c3)n2C)cc1. The van der Waals surface area contributed by atoms with Crippen LogP contribution < -0.4 is 4.80 Å². The third-order valence-electron chi connectivity index (χ3n) is 3.88. The normalized spacial score (nSPS) is 11.4. The zero-order valence-corrected chi connectivity index (χ0v) is 15.6. The number of nitrogens with zero attached hydrogens (tertiary/aromatic N) is 3. The number of nitro groups is 1. The molecule has 27 heavy (non-hydrogen) atoms. The molecule has 0 N–H and O–H groups in total. The van der Waals surface area contributed by atoms with E-state index in [0.717, 1.165) is 16.1 Å². The topological polar surface area (TPSA) is 86.7 Å². The Kier molecular flexibility index (Phi) is 5.46. The molecule has 0 unspecified atom stereocenters. The number of non-ortho nitro benzene ring substituents is 1. The molecule has 138 valence electrons. The third kappa shape index (κ3) is 4.12. The lowest BCUT2D eigenvalue weighted by molar-refractivity contribution is -0.384. The number of benzene rings is 2. The minimum Gasteiger partial charge on any atom is -0.462 e. The summed E-state index contributed by atoms with van der Waals surface area (Å²) in [4.78, 5) is 27.6. The molecule has 0 bridgehead atoms. The first-order chi connectivity index (χ1) is 13.0. The van der Waals surface area contributed by atoms with Crippen LogP contribution >= 0.6 is 11.3 Å². The van der Waals surface area contributed by atoms with E-state index in [0.29, 0.717) is 17.9 Å². The highest BCUT2D eigenvalue weighted by Crippen LogP contribution is 2.24. The second kappa shape index (κ2) is 7.96. The van der Waals surface area contributed by atoms with Gasteiger partial charge in [0.1, 0.15) is 0 Å².